The van der Waals surface area contributed by atoms with Crippen molar-refractivity contribution in [2.75, 3.05) is 17.5 Å². The van der Waals surface area contributed by atoms with E-state index in [-0.39, 0.29) is 40.7 Å². The van der Waals surface area contributed by atoms with Crippen LogP contribution in [-0.4, -0.2) is 27.5 Å². The van der Waals surface area contributed by atoms with E-state index >= 15 is 0 Å². The van der Waals surface area contributed by atoms with Crippen LogP contribution in [0.15, 0.2) is 60.0 Å². The summed E-state index contributed by atoms with van der Waals surface area (Å²) in [6.45, 7) is 3.08. The Labute approximate surface area is 188 Å². The summed E-state index contributed by atoms with van der Waals surface area (Å²) in [6.07, 6.45) is -2.98. The van der Waals surface area contributed by atoms with E-state index in [1.165, 1.54) is 18.2 Å². The second-order valence-corrected chi connectivity index (χ2v) is 8.68. The van der Waals surface area contributed by atoms with Crippen LogP contribution in [-0.2, 0) is 20.9 Å². The number of esters is 1. The van der Waals surface area contributed by atoms with E-state index in [0.717, 1.165) is 28.6 Å². The first-order valence-electron chi connectivity index (χ1n) is 9.17. The largest absolute Gasteiger partial charge is 0.462 e. The molecule has 0 atom stereocenters. The summed E-state index contributed by atoms with van der Waals surface area (Å²) < 4.78 is 71.5. The van der Waals surface area contributed by atoms with Gasteiger partial charge in [-0.25, -0.2) is 13.2 Å². The molecule has 0 aliphatic heterocycles. The number of hydrogen-bond acceptors (Lipinski definition) is 5. The average molecular weight is 487 g/mol. The molecule has 0 fully saturated rings. The van der Waals surface area contributed by atoms with Gasteiger partial charge in [-0.1, -0.05) is 23.7 Å². The molecule has 170 valence electrons. The number of halogens is 4. The highest BCUT2D eigenvalue weighted by molar-refractivity contribution is 7.92. The molecule has 0 radical (unpaired) electrons. The Morgan fingerprint density at radius 3 is 2.59 bits per heavy atom. The zero-order valence-electron chi connectivity index (χ0n) is 16.6. The molecule has 0 aliphatic carbocycles. The maximum Gasteiger partial charge on any atom is 0.416 e. The molecule has 11 heteroatoms. The minimum Gasteiger partial charge on any atom is -0.462 e. The fourth-order valence-electron chi connectivity index (χ4n) is 2.64. The SMILES string of the molecule is C=CCN(c1cccc(C(F)(F)F)c1)S(=O)(=O)c1ccc(Cl)c(C(=O)OCCCC#N)c1. The summed E-state index contributed by atoms with van der Waals surface area (Å²) in [7, 11) is -4.40. The zero-order valence-corrected chi connectivity index (χ0v) is 18.2. The summed E-state index contributed by atoms with van der Waals surface area (Å²) >= 11 is 6.01. The van der Waals surface area contributed by atoms with E-state index in [0.29, 0.717) is 12.5 Å². The van der Waals surface area contributed by atoms with Crippen LogP contribution < -0.4 is 4.31 Å². The van der Waals surface area contributed by atoms with Crippen molar-refractivity contribution in [1.82, 2.24) is 0 Å². The Kier molecular flexibility index (Phi) is 8.30. The molecule has 0 saturated heterocycles. The molecule has 0 unspecified atom stereocenters. The third-order valence-electron chi connectivity index (χ3n) is 4.17. The van der Waals surface area contributed by atoms with Gasteiger partial charge in [-0.3, -0.25) is 4.31 Å². The van der Waals surface area contributed by atoms with Gasteiger partial charge in [-0.15, -0.1) is 6.58 Å². The Hall–Kier alpha value is -3.03. The molecule has 0 spiro atoms. The number of nitriles is 1. The number of alkyl halides is 3. The van der Waals surface area contributed by atoms with Gasteiger partial charge in [0, 0.05) is 6.42 Å². The topological polar surface area (TPSA) is 87.5 Å². The first-order chi connectivity index (χ1) is 15.0. The van der Waals surface area contributed by atoms with Crippen LogP contribution in [0.25, 0.3) is 0 Å². The van der Waals surface area contributed by atoms with Crippen LogP contribution in [0.4, 0.5) is 18.9 Å². The first kappa shape index (κ1) is 25.2. The number of ether oxygens (including phenoxy) is 1. The van der Waals surface area contributed by atoms with Crippen molar-refractivity contribution < 1.29 is 31.1 Å². The molecule has 0 aliphatic rings. The molecule has 0 saturated carbocycles. The van der Waals surface area contributed by atoms with Crippen LogP contribution in [0.2, 0.25) is 5.02 Å². The van der Waals surface area contributed by atoms with Crippen molar-refractivity contribution in [2.24, 2.45) is 0 Å². The van der Waals surface area contributed by atoms with Crippen LogP contribution in [0.1, 0.15) is 28.8 Å². The predicted molar refractivity (Wildman–Crippen MR) is 113 cm³/mol. The second kappa shape index (κ2) is 10.5. The first-order valence-corrected chi connectivity index (χ1v) is 11.0. The minimum atomic E-state index is -4.66. The van der Waals surface area contributed by atoms with Gasteiger partial charge in [-0.2, -0.15) is 18.4 Å². The summed E-state index contributed by atoms with van der Waals surface area (Å²) in [6, 6.07) is 9.05. The van der Waals surface area contributed by atoms with Gasteiger partial charge in [0.25, 0.3) is 10.0 Å². The number of hydrogen-bond donors (Lipinski definition) is 0. The highest BCUT2D eigenvalue weighted by Crippen LogP contribution is 2.33. The van der Waals surface area contributed by atoms with Crippen LogP contribution in [0.3, 0.4) is 0 Å². The third-order valence-corrected chi connectivity index (χ3v) is 6.29. The molecular formula is C21H18ClF3N2O4S. The third kappa shape index (κ3) is 6.02. The standard InChI is InChI=1S/C21H18ClF3N2O4S/c1-2-11-27(16-7-5-6-15(13-16)21(23,24)25)32(29,30)17-8-9-19(22)18(14-17)20(28)31-12-4-3-10-26/h2,5-9,13-14H,1,3-4,11-12H2. The van der Waals surface area contributed by atoms with Gasteiger partial charge in [0.05, 0.1) is 46.0 Å². The molecule has 0 aromatic heterocycles. The lowest BCUT2D eigenvalue weighted by atomic mass is 10.2. The molecular weight excluding hydrogens is 469 g/mol. The van der Waals surface area contributed by atoms with E-state index in [9.17, 15) is 26.4 Å². The molecule has 0 amide bonds. The van der Waals surface area contributed by atoms with E-state index in [1.54, 1.807) is 0 Å². The molecule has 0 N–H and O–H groups in total. The van der Waals surface area contributed by atoms with Crippen LogP contribution in [0, 0.1) is 11.3 Å². The number of carbonyl (C=O) groups excluding carboxylic acids is 1. The number of anilines is 1. The van der Waals surface area contributed by atoms with Crippen molar-refractivity contribution >= 4 is 33.3 Å². The number of benzene rings is 2. The van der Waals surface area contributed by atoms with Crippen molar-refractivity contribution in [3.8, 4) is 6.07 Å². The quantitative estimate of drug-likeness (QED) is 0.276. The fraction of sp³-hybridized carbons (Fsp3) is 0.238. The molecule has 2 rings (SSSR count). The average Bonchev–Trinajstić information content (AvgIpc) is 2.74. The fourth-order valence-corrected chi connectivity index (χ4v) is 4.29. The van der Waals surface area contributed by atoms with Gasteiger partial charge >= 0.3 is 12.1 Å². The van der Waals surface area contributed by atoms with Gasteiger partial charge in [-0.05, 0) is 42.8 Å². The molecule has 2 aromatic rings. The highest BCUT2D eigenvalue weighted by Gasteiger charge is 2.32. The highest BCUT2D eigenvalue weighted by atomic mass is 35.5. The Morgan fingerprint density at radius 2 is 1.97 bits per heavy atom. The van der Waals surface area contributed by atoms with Gasteiger partial charge in [0.15, 0.2) is 0 Å². The Morgan fingerprint density at radius 1 is 1.25 bits per heavy atom. The maximum absolute atomic E-state index is 13.2. The predicted octanol–water partition coefficient (Wildman–Crippen LogP) is 5.20. The summed E-state index contributed by atoms with van der Waals surface area (Å²) in [4.78, 5) is 11.9. The number of unbranched alkanes of at least 4 members (excludes halogenated alkanes) is 1. The van der Waals surface area contributed by atoms with Crippen molar-refractivity contribution in [3.05, 3.63) is 71.3 Å². The van der Waals surface area contributed by atoms with E-state index < -0.39 is 27.7 Å². The van der Waals surface area contributed by atoms with Gasteiger partial charge in [0.2, 0.25) is 0 Å². The smallest absolute Gasteiger partial charge is 0.416 e. The molecule has 0 heterocycles. The molecule has 6 nitrogen and oxygen atoms in total. The van der Waals surface area contributed by atoms with Crippen LogP contribution >= 0.6 is 11.6 Å². The maximum atomic E-state index is 13.2. The molecule has 32 heavy (non-hydrogen) atoms. The molecule has 0 bridgehead atoms. The number of nitrogens with zero attached hydrogens (tertiary/aromatic N) is 2. The second-order valence-electron chi connectivity index (χ2n) is 6.41. The monoisotopic (exact) mass is 486 g/mol. The number of rotatable bonds is 9. The van der Waals surface area contributed by atoms with E-state index in [4.69, 9.17) is 21.6 Å². The minimum absolute atomic E-state index is 0.0630. The molecule has 2 aromatic carbocycles. The van der Waals surface area contributed by atoms with Crippen molar-refractivity contribution in [1.29, 1.82) is 5.26 Å². The summed E-state index contributed by atoms with van der Waals surface area (Å²) in [5, 5.41) is 8.45. The van der Waals surface area contributed by atoms with Crippen molar-refractivity contribution in [2.45, 2.75) is 23.9 Å². The normalized spacial score (nSPS) is 11.5. The summed E-state index contributed by atoms with van der Waals surface area (Å²) in [5.74, 6) is -0.890. The lowest BCUT2D eigenvalue weighted by Gasteiger charge is -2.24. The summed E-state index contributed by atoms with van der Waals surface area (Å²) in [5.41, 5.74) is -1.47. The zero-order chi connectivity index (χ0) is 23.9. The van der Waals surface area contributed by atoms with Gasteiger partial charge in [0.1, 0.15) is 0 Å². The van der Waals surface area contributed by atoms with E-state index in [2.05, 4.69) is 6.58 Å². The van der Waals surface area contributed by atoms with Crippen molar-refractivity contribution in [3.63, 3.8) is 0 Å². The lowest BCUT2D eigenvalue weighted by molar-refractivity contribution is -0.137. The van der Waals surface area contributed by atoms with Gasteiger partial charge < -0.3 is 4.74 Å². The Bertz CT molecular complexity index is 1140. The Balaban J connectivity index is 2.45. The lowest BCUT2D eigenvalue weighted by Crippen LogP contribution is -2.31. The number of carbonyl (C=O) groups is 1. The number of sulfonamides is 1. The van der Waals surface area contributed by atoms with Crippen LogP contribution in [0.5, 0.6) is 0 Å². The van der Waals surface area contributed by atoms with E-state index in [1.807, 2.05) is 6.07 Å².